The minimum absolute atomic E-state index is 0.196. The Balaban J connectivity index is 1.90. The molecule has 0 aliphatic heterocycles. The second kappa shape index (κ2) is 9.29. The van der Waals surface area contributed by atoms with Crippen molar-refractivity contribution in [2.75, 3.05) is 11.9 Å². The highest BCUT2D eigenvalue weighted by Crippen LogP contribution is 2.17. The molecule has 2 rings (SSSR count). The van der Waals surface area contributed by atoms with Gasteiger partial charge >= 0.3 is 0 Å². The third-order valence-electron chi connectivity index (χ3n) is 3.29. The van der Waals surface area contributed by atoms with Crippen molar-refractivity contribution in [1.29, 1.82) is 0 Å². The summed E-state index contributed by atoms with van der Waals surface area (Å²) in [7, 11) is 0. The van der Waals surface area contributed by atoms with Crippen LogP contribution in [0.1, 0.15) is 26.0 Å². The summed E-state index contributed by atoms with van der Waals surface area (Å²) in [6.45, 7) is 4.50. The smallest absolute Gasteiger partial charge is 0.262 e. The molecule has 2 aromatic rings. The van der Waals surface area contributed by atoms with E-state index in [1.165, 1.54) is 6.21 Å². The third-order valence-corrected chi connectivity index (χ3v) is 3.29. The number of nitrogens with one attached hydrogen (secondary N) is 2. The minimum Gasteiger partial charge on any atom is -0.494 e. The molecule has 1 atom stereocenters. The van der Waals surface area contributed by atoms with Crippen LogP contribution in [0.3, 0.4) is 0 Å². The Bertz CT molecular complexity index is 656. The van der Waals surface area contributed by atoms with E-state index < -0.39 is 0 Å². The van der Waals surface area contributed by atoms with E-state index in [2.05, 4.69) is 20.8 Å². The predicted molar refractivity (Wildman–Crippen MR) is 95.3 cm³/mol. The van der Waals surface area contributed by atoms with E-state index in [0.717, 1.165) is 11.4 Å². The number of hydrogen-bond donors (Lipinski definition) is 2. The summed E-state index contributed by atoms with van der Waals surface area (Å²) in [6.07, 6.45) is 3.82. The lowest BCUT2D eigenvalue weighted by Crippen LogP contribution is -2.36. The van der Waals surface area contributed by atoms with Gasteiger partial charge < -0.3 is 10.1 Å². The van der Waals surface area contributed by atoms with Crippen molar-refractivity contribution < 1.29 is 9.53 Å². The van der Waals surface area contributed by atoms with Crippen molar-refractivity contribution in [1.82, 2.24) is 10.4 Å². The maximum absolute atomic E-state index is 12.2. The monoisotopic (exact) mass is 326 g/mol. The van der Waals surface area contributed by atoms with E-state index in [-0.39, 0.29) is 11.9 Å². The molecule has 24 heavy (non-hydrogen) atoms. The van der Waals surface area contributed by atoms with Gasteiger partial charge in [-0.2, -0.15) is 5.10 Å². The summed E-state index contributed by atoms with van der Waals surface area (Å²) in [5.41, 5.74) is 4.08. The summed E-state index contributed by atoms with van der Waals surface area (Å²) in [6, 6.07) is 12.6. The first-order valence-electron chi connectivity index (χ1n) is 7.96. The highest BCUT2D eigenvalue weighted by molar-refractivity contribution is 5.86. The standard InChI is InChI=1S/C18H22N4O2/c1-3-17(21-14-8-10-16(11-9-14)24-4-2)18(23)22-20-13-15-7-5-6-12-19-15/h5-13,17,21H,3-4H2,1-2H3,(H,22,23)/t17-/m1/s1. The van der Waals surface area contributed by atoms with Crippen LogP contribution in [-0.4, -0.2) is 29.8 Å². The predicted octanol–water partition coefficient (Wildman–Crippen LogP) is 2.82. The Kier molecular flexibility index (Phi) is 6.76. The molecule has 0 radical (unpaired) electrons. The molecule has 1 amide bonds. The lowest BCUT2D eigenvalue weighted by atomic mass is 10.2. The van der Waals surface area contributed by atoms with Gasteiger partial charge in [-0.25, -0.2) is 5.43 Å². The van der Waals surface area contributed by atoms with Crippen molar-refractivity contribution in [3.05, 3.63) is 54.4 Å². The van der Waals surface area contributed by atoms with E-state index >= 15 is 0 Å². The number of nitrogens with zero attached hydrogens (tertiary/aromatic N) is 2. The maximum Gasteiger partial charge on any atom is 0.262 e. The molecular formula is C18H22N4O2. The molecule has 0 spiro atoms. The Hall–Kier alpha value is -2.89. The fourth-order valence-electron chi connectivity index (χ4n) is 2.06. The summed E-state index contributed by atoms with van der Waals surface area (Å²) in [5.74, 6) is 0.610. The van der Waals surface area contributed by atoms with E-state index in [9.17, 15) is 4.79 Å². The van der Waals surface area contributed by atoms with Crippen LogP contribution < -0.4 is 15.5 Å². The van der Waals surface area contributed by atoms with Crippen molar-refractivity contribution in [3.8, 4) is 5.75 Å². The van der Waals surface area contributed by atoms with Gasteiger partial charge in [0.25, 0.3) is 5.91 Å². The van der Waals surface area contributed by atoms with Crippen LogP contribution in [0.2, 0.25) is 0 Å². The molecule has 1 aromatic heterocycles. The number of amides is 1. The molecular weight excluding hydrogens is 304 g/mol. The van der Waals surface area contributed by atoms with Crippen LogP contribution in [0.5, 0.6) is 5.75 Å². The Morgan fingerprint density at radius 2 is 2.04 bits per heavy atom. The number of ether oxygens (including phenoxy) is 1. The van der Waals surface area contributed by atoms with E-state index in [0.29, 0.717) is 18.7 Å². The average Bonchev–Trinajstić information content (AvgIpc) is 2.62. The summed E-state index contributed by atoms with van der Waals surface area (Å²) >= 11 is 0. The van der Waals surface area contributed by atoms with Crippen molar-refractivity contribution in [2.24, 2.45) is 5.10 Å². The normalized spacial score (nSPS) is 11.9. The first-order chi connectivity index (χ1) is 11.7. The number of carbonyl (C=O) groups is 1. The highest BCUT2D eigenvalue weighted by Gasteiger charge is 2.15. The number of carbonyl (C=O) groups excluding carboxylic acids is 1. The summed E-state index contributed by atoms with van der Waals surface area (Å²) in [5, 5.41) is 7.13. The van der Waals surface area contributed by atoms with Crippen molar-refractivity contribution >= 4 is 17.8 Å². The number of benzene rings is 1. The largest absolute Gasteiger partial charge is 0.494 e. The summed E-state index contributed by atoms with van der Waals surface area (Å²) < 4.78 is 5.40. The zero-order chi connectivity index (χ0) is 17.2. The number of anilines is 1. The Morgan fingerprint density at radius 3 is 2.67 bits per heavy atom. The Labute approximate surface area is 142 Å². The van der Waals surface area contributed by atoms with Crippen LogP contribution in [0.25, 0.3) is 0 Å². The molecule has 0 saturated carbocycles. The number of rotatable bonds is 8. The van der Waals surface area contributed by atoms with E-state index in [1.807, 2.05) is 56.3 Å². The molecule has 0 bridgehead atoms. The number of hydrazone groups is 1. The number of aromatic nitrogens is 1. The van der Waals surface area contributed by atoms with E-state index in [1.54, 1.807) is 6.20 Å². The molecule has 0 unspecified atom stereocenters. The van der Waals surface area contributed by atoms with Crippen LogP contribution >= 0.6 is 0 Å². The second-order valence-electron chi connectivity index (χ2n) is 5.05. The topological polar surface area (TPSA) is 75.6 Å². The molecule has 1 heterocycles. The lowest BCUT2D eigenvalue weighted by molar-refractivity contribution is -0.121. The van der Waals surface area contributed by atoms with Gasteiger partial charge in [-0.3, -0.25) is 9.78 Å². The molecule has 0 aliphatic rings. The van der Waals surface area contributed by atoms with Gasteiger partial charge in [0.2, 0.25) is 0 Å². The second-order valence-corrected chi connectivity index (χ2v) is 5.05. The SMILES string of the molecule is CCOc1ccc(N[C@H](CC)C(=O)NN=Cc2ccccn2)cc1. The average molecular weight is 326 g/mol. The summed E-state index contributed by atoms with van der Waals surface area (Å²) in [4.78, 5) is 16.3. The fraction of sp³-hybridized carbons (Fsp3) is 0.278. The van der Waals surface area contributed by atoms with Gasteiger partial charge in [-0.15, -0.1) is 0 Å². The molecule has 1 aromatic carbocycles. The van der Waals surface area contributed by atoms with Crippen LogP contribution in [-0.2, 0) is 4.79 Å². The van der Waals surface area contributed by atoms with Gasteiger partial charge in [-0.1, -0.05) is 13.0 Å². The zero-order valence-corrected chi connectivity index (χ0v) is 13.9. The maximum atomic E-state index is 12.2. The quantitative estimate of drug-likeness (QED) is 0.578. The van der Waals surface area contributed by atoms with Crippen LogP contribution in [0, 0.1) is 0 Å². The van der Waals surface area contributed by atoms with Gasteiger partial charge in [0.05, 0.1) is 18.5 Å². The Morgan fingerprint density at radius 1 is 1.25 bits per heavy atom. The van der Waals surface area contributed by atoms with Crippen LogP contribution in [0.4, 0.5) is 5.69 Å². The highest BCUT2D eigenvalue weighted by atomic mass is 16.5. The first-order valence-corrected chi connectivity index (χ1v) is 7.96. The van der Waals surface area contributed by atoms with E-state index in [4.69, 9.17) is 4.74 Å². The van der Waals surface area contributed by atoms with Gasteiger partial charge in [0, 0.05) is 11.9 Å². The molecule has 6 nitrogen and oxygen atoms in total. The first kappa shape index (κ1) is 17.5. The van der Waals surface area contributed by atoms with Gasteiger partial charge in [-0.05, 0) is 49.7 Å². The molecule has 2 N–H and O–H groups in total. The fourth-order valence-corrected chi connectivity index (χ4v) is 2.06. The zero-order valence-electron chi connectivity index (χ0n) is 13.9. The molecule has 126 valence electrons. The molecule has 0 saturated heterocycles. The number of hydrogen-bond acceptors (Lipinski definition) is 5. The molecule has 6 heteroatoms. The van der Waals surface area contributed by atoms with Gasteiger partial charge in [0.15, 0.2) is 0 Å². The van der Waals surface area contributed by atoms with Crippen LogP contribution in [0.15, 0.2) is 53.8 Å². The molecule has 0 fully saturated rings. The number of pyridine rings is 1. The van der Waals surface area contributed by atoms with Crippen molar-refractivity contribution in [3.63, 3.8) is 0 Å². The van der Waals surface area contributed by atoms with Crippen molar-refractivity contribution in [2.45, 2.75) is 26.3 Å². The molecule has 0 aliphatic carbocycles. The van der Waals surface area contributed by atoms with Gasteiger partial charge in [0.1, 0.15) is 11.8 Å². The minimum atomic E-state index is -0.371. The lowest BCUT2D eigenvalue weighted by Gasteiger charge is -2.16. The third kappa shape index (κ3) is 5.39.